The van der Waals surface area contributed by atoms with E-state index in [1.54, 1.807) is 5.32 Å². The first-order valence-corrected chi connectivity index (χ1v) is 14.4. The van der Waals surface area contributed by atoms with Crippen LogP contribution in [0.25, 0.3) is 0 Å². The van der Waals surface area contributed by atoms with Crippen molar-refractivity contribution in [3.05, 3.63) is 30.3 Å². The number of para-hydroxylation sites is 1. The molecule has 1 heterocycles. The average molecular weight is 634 g/mol. The summed E-state index contributed by atoms with van der Waals surface area (Å²) in [7, 11) is 1.18. The molecule has 3 rings (SSSR count). The largest absolute Gasteiger partial charge is 0.362 e. The van der Waals surface area contributed by atoms with Gasteiger partial charge in [0.2, 0.25) is 18.2 Å². The Labute approximate surface area is 256 Å². The van der Waals surface area contributed by atoms with Crippen molar-refractivity contribution in [1.82, 2.24) is 15.1 Å². The van der Waals surface area contributed by atoms with Crippen molar-refractivity contribution in [3.8, 4) is 6.07 Å². The standard InChI is InChI=1S/C17H21F5N4O3.C7H7NO.C4H10.C2H6/c1-4-11(24-14(29)15(18)16(19,20)17(15,21)22)13(28)25(3)8-12(27)26-7-9(2)5-10(26)6-23;9-6-8-7-4-2-1-3-5-7;1-4(2)3;1-2/h9-11H,4-5,7-8H2,1-3H3,(H,24,29);1-6H,(H,8,9);4H,1-3H3;1-2H3. The molecule has 1 saturated carbocycles. The molecule has 1 saturated heterocycles. The summed E-state index contributed by atoms with van der Waals surface area (Å²) in [5.41, 5.74) is -3.89. The smallest absolute Gasteiger partial charge is 0.341 e. The van der Waals surface area contributed by atoms with E-state index in [9.17, 15) is 41.1 Å². The lowest BCUT2D eigenvalue weighted by atomic mass is 10.1. The lowest BCUT2D eigenvalue weighted by Gasteiger charge is -2.27. The van der Waals surface area contributed by atoms with E-state index in [0.29, 0.717) is 19.4 Å². The molecule has 2 N–H and O–H groups in total. The number of anilines is 1. The summed E-state index contributed by atoms with van der Waals surface area (Å²) in [4.78, 5) is 48.5. The predicted octanol–water partition coefficient (Wildman–Crippen LogP) is 5.04. The van der Waals surface area contributed by atoms with E-state index in [2.05, 4.69) is 26.1 Å². The Hall–Kier alpha value is -3.76. The minimum atomic E-state index is -5.16. The van der Waals surface area contributed by atoms with Crippen LogP contribution in [-0.2, 0) is 19.2 Å². The van der Waals surface area contributed by atoms with Gasteiger partial charge in [0.25, 0.3) is 5.91 Å². The highest BCUT2D eigenvalue weighted by molar-refractivity contribution is 5.97. The molecule has 44 heavy (non-hydrogen) atoms. The Balaban J connectivity index is 0.00000101. The molecule has 3 unspecified atom stereocenters. The van der Waals surface area contributed by atoms with Gasteiger partial charge in [-0.05, 0) is 36.8 Å². The fraction of sp³-hybridized carbons (Fsp3) is 0.633. The summed E-state index contributed by atoms with van der Waals surface area (Å²) in [6.07, 6.45) is 0.932. The number of nitriles is 1. The van der Waals surface area contributed by atoms with E-state index in [4.69, 9.17) is 5.26 Å². The number of rotatable bonds is 8. The fourth-order valence-corrected chi connectivity index (χ4v) is 3.95. The first-order chi connectivity index (χ1) is 20.4. The number of likely N-dealkylation sites (N-methyl/N-ethyl adjacent to an activating group) is 1. The number of nitrogens with one attached hydrogen (secondary N) is 2. The van der Waals surface area contributed by atoms with Crippen LogP contribution in [0.4, 0.5) is 27.6 Å². The van der Waals surface area contributed by atoms with Crippen molar-refractivity contribution in [2.45, 2.75) is 90.9 Å². The van der Waals surface area contributed by atoms with Gasteiger partial charge < -0.3 is 20.4 Å². The third kappa shape index (κ3) is 9.62. The minimum absolute atomic E-state index is 0.0925. The minimum Gasteiger partial charge on any atom is -0.341 e. The summed E-state index contributed by atoms with van der Waals surface area (Å²) >= 11 is 0. The van der Waals surface area contributed by atoms with Gasteiger partial charge in [0.15, 0.2) is 0 Å². The van der Waals surface area contributed by atoms with Gasteiger partial charge in [-0.25, -0.2) is 4.39 Å². The van der Waals surface area contributed by atoms with Crippen molar-refractivity contribution in [2.75, 3.05) is 25.5 Å². The predicted molar refractivity (Wildman–Crippen MR) is 156 cm³/mol. The average Bonchev–Trinajstić information content (AvgIpc) is 3.21. The molecule has 3 atom stereocenters. The number of hydrogen-bond acceptors (Lipinski definition) is 5. The third-order valence-electron chi connectivity index (χ3n) is 6.25. The second kappa shape index (κ2) is 17.5. The molecule has 14 heteroatoms. The van der Waals surface area contributed by atoms with Crippen LogP contribution in [0.3, 0.4) is 0 Å². The molecule has 2 aliphatic rings. The number of hydrogen-bond donors (Lipinski definition) is 2. The highest BCUT2D eigenvalue weighted by Crippen LogP contribution is 2.68. The van der Waals surface area contributed by atoms with Crippen molar-refractivity contribution >= 4 is 29.8 Å². The molecule has 9 nitrogen and oxygen atoms in total. The quantitative estimate of drug-likeness (QED) is 0.307. The third-order valence-corrected chi connectivity index (χ3v) is 6.25. The molecule has 1 aliphatic carbocycles. The molecule has 248 valence electrons. The van der Waals surface area contributed by atoms with Gasteiger partial charge in [-0.1, -0.05) is 66.7 Å². The van der Waals surface area contributed by atoms with Gasteiger partial charge in [0.1, 0.15) is 12.1 Å². The number of nitrogens with zero attached hydrogens (tertiary/aromatic N) is 3. The lowest BCUT2D eigenvalue weighted by Crippen LogP contribution is -2.53. The Morgan fingerprint density at radius 2 is 1.59 bits per heavy atom. The molecule has 4 amide bonds. The zero-order chi connectivity index (χ0) is 34.5. The highest BCUT2D eigenvalue weighted by atomic mass is 19.3. The molecule has 1 aromatic carbocycles. The molecule has 0 bridgehead atoms. The number of carbonyl (C=O) groups excluding carboxylic acids is 4. The van der Waals surface area contributed by atoms with Crippen molar-refractivity contribution in [3.63, 3.8) is 0 Å². The van der Waals surface area contributed by atoms with Gasteiger partial charge in [-0.3, -0.25) is 19.2 Å². The van der Waals surface area contributed by atoms with E-state index in [0.717, 1.165) is 16.5 Å². The Bertz CT molecular complexity index is 1110. The number of amides is 4. The summed E-state index contributed by atoms with van der Waals surface area (Å²) in [6.45, 7) is 13.5. The maximum absolute atomic E-state index is 13.8. The van der Waals surface area contributed by atoms with Crippen molar-refractivity contribution in [1.29, 1.82) is 5.26 Å². The zero-order valence-electron chi connectivity index (χ0n) is 26.5. The summed E-state index contributed by atoms with van der Waals surface area (Å²) in [5.74, 6) is -13.2. The van der Waals surface area contributed by atoms with Crippen LogP contribution in [0.5, 0.6) is 0 Å². The summed E-state index contributed by atoms with van der Waals surface area (Å²) in [5, 5.41) is 13.2. The monoisotopic (exact) mass is 633 g/mol. The molecule has 0 aromatic heterocycles. The Kier molecular flexibility index (Phi) is 16.0. The second-order valence-corrected chi connectivity index (χ2v) is 10.8. The fourth-order valence-electron chi connectivity index (χ4n) is 3.95. The van der Waals surface area contributed by atoms with Gasteiger partial charge >= 0.3 is 17.5 Å². The lowest BCUT2D eigenvalue weighted by molar-refractivity contribution is -0.143. The van der Waals surface area contributed by atoms with Crippen molar-refractivity contribution in [2.24, 2.45) is 11.8 Å². The van der Waals surface area contributed by atoms with Gasteiger partial charge in [0, 0.05) is 19.3 Å². The molecule has 2 fully saturated rings. The number of benzene rings is 1. The first-order valence-electron chi connectivity index (χ1n) is 14.4. The number of alkyl halides is 5. The zero-order valence-corrected chi connectivity index (χ0v) is 26.5. The SMILES string of the molecule is CC.CC(C)C.CCC(NC(=O)C1(F)C(F)(F)C1(F)F)C(=O)N(C)CC(=O)N1CC(C)CC1C#N.O=CNc1ccccc1. The molecular weight excluding hydrogens is 589 g/mol. The molecule has 0 radical (unpaired) electrons. The Morgan fingerprint density at radius 3 is 2.00 bits per heavy atom. The van der Waals surface area contributed by atoms with Crippen LogP contribution in [0.15, 0.2) is 30.3 Å². The van der Waals surface area contributed by atoms with Gasteiger partial charge in [-0.15, -0.1) is 0 Å². The van der Waals surface area contributed by atoms with E-state index < -0.39 is 53.9 Å². The topological polar surface area (TPSA) is 123 Å². The van der Waals surface area contributed by atoms with Crippen LogP contribution in [0.1, 0.15) is 61.3 Å². The maximum Gasteiger partial charge on any atom is 0.362 e. The molecular formula is C30H44F5N5O4. The molecule has 0 spiro atoms. The maximum atomic E-state index is 13.8. The highest BCUT2D eigenvalue weighted by Gasteiger charge is 3.02. The molecule has 1 aliphatic heterocycles. The van der Waals surface area contributed by atoms with E-state index in [-0.39, 0.29) is 12.3 Å². The normalized spacial score (nSPS) is 20.4. The van der Waals surface area contributed by atoms with Gasteiger partial charge in [-0.2, -0.15) is 22.8 Å². The Morgan fingerprint density at radius 1 is 1.09 bits per heavy atom. The van der Waals surface area contributed by atoms with E-state index in [1.165, 1.54) is 18.9 Å². The van der Waals surface area contributed by atoms with Gasteiger partial charge in [0.05, 0.1) is 12.6 Å². The van der Waals surface area contributed by atoms with Crippen molar-refractivity contribution < 1.29 is 41.1 Å². The second-order valence-electron chi connectivity index (χ2n) is 10.8. The summed E-state index contributed by atoms with van der Waals surface area (Å²) in [6, 6.07) is 9.05. The van der Waals surface area contributed by atoms with Crippen LogP contribution < -0.4 is 10.6 Å². The number of likely N-dealkylation sites (tertiary alicyclic amines) is 1. The number of halogens is 5. The molecule has 1 aromatic rings. The van der Waals surface area contributed by atoms with E-state index in [1.807, 2.05) is 57.2 Å². The van der Waals surface area contributed by atoms with Crippen LogP contribution >= 0.6 is 0 Å². The summed E-state index contributed by atoms with van der Waals surface area (Å²) < 4.78 is 65.9. The van der Waals surface area contributed by atoms with Crippen LogP contribution in [0.2, 0.25) is 0 Å². The van der Waals surface area contributed by atoms with Crippen LogP contribution in [0, 0.1) is 23.2 Å². The van der Waals surface area contributed by atoms with E-state index >= 15 is 0 Å². The number of carbonyl (C=O) groups is 4. The first kappa shape index (κ1) is 40.2. The van der Waals surface area contributed by atoms with Crippen LogP contribution in [-0.4, -0.2) is 83.7 Å².